The molecule has 5 nitrogen and oxygen atoms in total. The lowest BCUT2D eigenvalue weighted by Crippen LogP contribution is -2.49. The molecular weight excluding hydrogens is 405 g/mol. The van der Waals surface area contributed by atoms with Crippen LogP contribution in [0.25, 0.3) is 0 Å². The minimum atomic E-state index is 0. The number of nitrogens with zero attached hydrogens (tertiary/aromatic N) is 1. The zero-order valence-corrected chi connectivity index (χ0v) is 16.8. The molecule has 2 heterocycles. The zero-order valence-electron chi connectivity index (χ0n) is 14.5. The number of fused-ring (bicyclic) bond motifs is 2. The fourth-order valence-corrected chi connectivity index (χ4v) is 4.39. The highest BCUT2D eigenvalue weighted by Gasteiger charge is 2.41. The molecule has 1 aliphatic carbocycles. The normalized spacial score (nSPS) is 31.9. The Kier molecular flexibility index (Phi) is 7.41. The summed E-state index contributed by atoms with van der Waals surface area (Å²) in [5.41, 5.74) is 0.388. The first kappa shape index (κ1) is 19.2. The Morgan fingerprint density at radius 2 is 2.09 bits per heavy atom. The van der Waals surface area contributed by atoms with Crippen LogP contribution in [0.2, 0.25) is 0 Å². The van der Waals surface area contributed by atoms with E-state index >= 15 is 0 Å². The number of ether oxygens (including phenoxy) is 2. The number of guanidine groups is 1. The first-order valence-electron chi connectivity index (χ1n) is 8.86. The van der Waals surface area contributed by atoms with Crippen LogP contribution in [0.15, 0.2) is 4.99 Å². The fraction of sp³-hybridized carbons (Fsp3) is 0.941. The summed E-state index contributed by atoms with van der Waals surface area (Å²) in [4.78, 5) is 4.42. The summed E-state index contributed by atoms with van der Waals surface area (Å²) in [7, 11) is 3.66. The smallest absolute Gasteiger partial charge is 0.191 e. The van der Waals surface area contributed by atoms with Crippen molar-refractivity contribution in [3.05, 3.63) is 0 Å². The Morgan fingerprint density at radius 3 is 2.65 bits per heavy atom. The third kappa shape index (κ3) is 4.72. The molecule has 3 unspecified atom stereocenters. The van der Waals surface area contributed by atoms with Crippen LogP contribution in [0.3, 0.4) is 0 Å². The first-order chi connectivity index (χ1) is 10.7. The van der Waals surface area contributed by atoms with Gasteiger partial charge in [-0.3, -0.25) is 4.99 Å². The zero-order chi connectivity index (χ0) is 15.4. The predicted octanol–water partition coefficient (Wildman–Crippen LogP) is 2.69. The van der Waals surface area contributed by atoms with Crippen molar-refractivity contribution in [2.45, 2.75) is 69.6 Å². The molecule has 0 amide bonds. The second-order valence-electron chi connectivity index (χ2n) is 7.24. The predicted molar refractivity (Wildman–Crippen MR) is 104 cm³/mol. The average molecular weight is 437 g/mol. The number of hydrogen-bond acceptors (Lipinski definition) is 3. The van der Waals surface area contributed by atoms with Gasteiger partial charge in [0.1, 0.15) is 0 Å². The quantitative estimate of drug-likeness (QED) is 0.381. The Morgan fingerprint density at radius 1 is 1.30 bits per heavy atom. The highest BCUT2D eigenvalue weighted by molar-refractivity contribution is 14.0. The van der Waals surface area contributed by atoms with E-state index in [0.29, 0.717) is 23.7 Å². The van der Waals surface area contributed by atoms with E-state index in [1.165, 1.54) is 38.5 Å². The van der Waals surface area contributed by atoms with Crippen molar-refractivity contribution in [3.8, 4) is 0 Å². The van der Waals surface area contributed by atoms with E-state index in [1.807, 2.05) is 7.05 Å². The lowest BCUT2D eigenvalue weighted by atomic mass is 9.83. The summed E-state index contributed by atoms with van der Waals surface area (Å²) in [6.45, 7) is 1.85. The molecule has 2 aliphatic heterocycles. The van der Waals surface area contributed by atoms with E-state index in [1.54, 1.807) is 7.11 Å². The summed E-state index contributed by atoms with van der Waals surface area (Å²) >= 11 is 0. The van der Waals surface area contributed by atoms with Gasteiger partial charge < -0.3 is 20.1 Å². The molecule has 0 aromatic carbocycles. The molecule has 134 valence electrons. The number of halogens is 1. The number of hydrogen-bond donors (Lipinski definition) is 2. The molecule has 0 radical (unpaired) electrons. The van der Waals surface area contributed by atoms with Crippen LogP contribution in [0.5, 0.6) is 0 Å². The van der Waals surface area contributed by atoms with Gasteiger partial charge in [0.15, 0.2) is 5.96 Å². The van der Waals surface area contributed by atoms with Gasteiger partial charge in [-0.25, -0.2) is 0 Å². The van der Waals surface area contributed by atoms with Crippen molar-refractivity contribution in [2.24, 2.45) is 10.4 Å². The molecule has 3 atom stereocenters. The van der Waals surface area contributed by atoms with Gasteiger partial charge in [-0.05, 0) is 43.9 Å². The van der Waals surface area contributed by atoms with Crippen LogP contribution in [0, 0.1) is 5.41 Å². The van der Waals surface area contributed by atoms with E-state index in [4.69, 9.17) is 9.47 Å². The van der Waals surface area contributed by atoms with Crippen LogP contribution in [0.1, 0.15) is 51.4 Å². The highest BCUT2D eigenvalue weighted by Crippen LogP contribution is 2.40. The number of methoxy groups -OCH3 is 1. The Bertz CT molecular complexity index is 399. The summed E-state index contributed by atoms with van der Waals surface area (Å²) in [5, 5.41) is 7.15. The Hall–Kier alpha value is -0.0800. The Labute approximate surface area is 157 Å². The van der Waals surface area contributed by atoms with Gasteiger partial charge in [0.05, 0.1) is 18.2 Å². The van der Waals surface area contributed by atoms with Gasteiger partial charge in [-0.1, -0.05) is 12.8 Å². The molecule has 6 heteroatoms. The molecule has 1 saturated carbocycles. The van der Waals surface area contributed by atoms with Gasteiger partial charge in [0.25, 0.3) is 0 Å². The summed E-state index contributed by atoms with van der Waals surface area (Å²) in [5.74, 6) is 0.935. The fourth-order valence-electron chi connectivity index (χ4n) is 4.39. The van der Waals surface area contributed by atoms with Crippen molar-refractivity contribution in [2.75, 3.05) is 27.3 Å². The molecule has 0 aromatic heterocycles. The van der Waals surface area contributed by atoms with Crippen LogP contribution >= 0.6 is 24.0 Å². The first-order valence-corrected chi connectivity index (χ1v) is 8.86. The number of rotatable bonds is 6. The van der Waals surface area contributed by atoms with Crippen molar-refractivity contribution in [1.29, 1.82) is 0 Å². The van der Waals surface area contributed by atoms with Crippen LogP contribution in [0.4, 0.5) is 0 Å². The minimum absolute atomic E-state index is 0. The molecular formula is C17H32IN3O2. The van der Waals surface area contributed by atoms with Gasteiger partial charge in [0.2, 0.25) is 0 Å². The monoisotopic (exact) mass is 437 g/mol. The molecule has 2 N–H and O–H groups in total. The lowest BCUT2D eigenvalue weighted by Gasteiger charge is -2.31. The molecule has 2 saturated heterocycles. The standard InChI is InChI=1S/C17H31N3O2.HI/c1-18-16(20-14-11-13-5-6-15(14)22-13)19-12-17(9-10-21-2)7-3-4-8-17;/h13-15H,3-12H2,1-2H3,(H2,18,19,20);1H. The second-order valence-corrected chi connectivity index (χ2v) is 7.24. The molecule has 0 spiro atoms. The summed E-state index contributed by atoms with van der Waals surface area (Å²) in [6.07, 6.45) is 10.8. The largest absolute Gasteiger partial charge is 0.385 e. The number of aliphatic imine (C=N–C) groups is 1. The Balaban J connectivity index is 0.00000192. The number of nitrogens with one attached hydrogen (secondary N) is 2. The lowest BCUT2D eigenvalue weighted by molar-refractivity contribution is 0.0991. The van der Waals surface area contributed by atoms with Crippen molar-refractivity contribution >= 4 is 29.9 Å². The van der Waals surface area contributed by atoms with E-state index in [2.05, 4.69) is 15.6 Å². The topological polar surface area (TPSA) is 54.9 Å². The molecule has 3 aliphatic rings. The van der Waals surface area contributed by atoms with E-state index < -0.39 is 0 Å². The van der Waals surface area contributed by atoms with Gasteiger partial charge >= 0.3 is 0 Å². The molecule has 2 bridgehead atoms. The van der Waals surface area contributed by atoms with Crippen LogP contribution in [-0.4, -0.2) is 51.5 Å². The van der Waals surface area contributed by atoms with Crippen LogP contribution < -0.4 is 10.6 Å². The molecule has 3 rings (SSSR count). The van der Waals surface area contributed by atoms with Crippen molar-refractivity contribution in [3.63, 3.8) is 0 Å². The molecule has 23 heavy (non-hydrogen) atoms. The summed E-state index contributed by atoms with van der Waals surface area (Å²) in [6, 6.07) is 0.434. The van der Waals surface area contributed by atoms with Crippen LogP contribution in [-0.2, 0) is 9.47 Å². The van der Waals surface area contributed by atoms with Crippen molar-refractivity contribution < 1.29 is 9.47 Å². The maximum atomic E-state index is 5.92. The third-order valence-electron chi connectivity index (χ3n) is 5.78. The third-order valence-corrected chi connectivity index (χ3v) is 5.78. The second kappa shape index (κ2) is 8.85. The maximum absolute atomic E-state index is 5.92. The van der Waals surface area contributed by atoms with E-state index in [-0.39, 0.29) is 24.0 Å². The van der Waals surface area contributed by atoms with E-state index in [0.717, 1.165) is 32.0 Å². The molecule has 0 aromatic rings. The SMILES string of the molecule is CN=C(NCC1(CCOC)CCCC1)NC1CC2CCC1O2.I. The van der Waals surface area contributed by atoms with Gasteiger partial charge in [-0.15, -0.1) is 24.0 Å². The van der Waals surface area contributed by atoms with E-state index in [9.17, 15) is 0 Å². The van der Waals surface area contributed by atoms with Gasteiger partial charge in [-0.2, -0.15) is 0 Å². The molecule has 3 fully saturated rings. The minimum Gasteiger partial charge on any atom is -0.385 e. The summed E-state index contributed by atoms with van der Waals surface area (Å²) < 4.78 is 11.2. The average Bonchev–Trinajstić information content (AvgIpc) is 3.26. The maximum Gasteiger partial charge on any atom is 0.191 e. The van der Waals surface area contributed by atoms with Gasteiger partial charge in [0, 0.05) is 27.3 Å². The van der Waals surface area contributed by atoms with Crippen molar-refractivity contribution in [1.82, 2.24) is 10.6 Å². The highest BCUT2D eigenvalue weighted by atomic mass is 127.